The Kier molecular flexibility index (Phi) is 1.92. The third-order valence-electron chi connectivity index (χ3n) is 4.22. The lowest BCUT2D eigenvalue weighted by atomic mass is 9.99. The van der Waals surface area contributed by atoms with E-state index in [0.29, 0.717) is 0 Å². The minimum Gasteiger partial charge on any atom is -0.464 e. The summed E-state index contributed by atoms with van der Waals surface area (Å²) in [6, 6.07) is 16.9. The van der Waals surface area contributed by atoms with Gasteiger partial charge in [-0.05, 0) is 42.0 Å². The van der Waals surface area contributed by atoms with Gasteiger partial charge >= 0.3 is 0 Å². The third-order valence-corrected chi connectivity index (χ3v) is 4.22. The van der Waals surface area contributed by atoms with E-state index in [4.69, 9.17) is 8.83 Å². The maximum absolute atomic E-state index is 5.88. The van der Waals surface area contributed by atoms with Crippen molar-refractivity contribution in [1.29, 1.82) is 0 Å². The topological polar surface area (TPSA) is 26.3 Å². The predicted molar refractivity (Wildman–Crippen MR) is 85.7 cm³/mol. The van der Waals surface area contributed by atoms with Crippen LogP contribution in [0.5, 0.6) is 0 Å². The molecule has 2 nitrogen and oxygen atoms in total. The molecule has 100 valence electrons. The van der Waals surface area contributed by atoms with Crippen LogP contribution in [0.25, 0.3) is 43.5 Å². The van der Waals surface area contributed by atoms with Gasteiger partial charge in [-0.2, -0.15) is 0 Å². The van der Waals surface area contributed by atoms with E-state index in [9.17, 15) is 0 Å². The van der Waals surface area contributed by atoms with Crippen molar-refractivity contribution < 1.29 is 8.83 Å². The summed E-state index contributed by atoms with van der Waals surface area (Å²) in [5.74, 6) is 0.944. The molecule has 0 saturated heterocycles. The number of fused-ring (bicyclic) bond motifs is 7. The molecule has 5 rings (SSSR count). The van der Waals surface area contributed by atoms with Crippen molar-refractivity contribution in [3.05, 3.63) is 60.6 Å². The fourth-order valence-electron chi connectivity index (χ4n) is 3.28. The molecule has 2 heterocycles. The van der Waals surface area contributed by atoms with Gasteiger partial charge in [0.1, 0.15) is 16.9 Å². The molecule has 0 saturated carbocycles. The molecule has 21 heavy (non-hydrogen) atoms. The van der Waals surface area contributed by atoms with Gasteiger partial charge < -0.3 is 8.83 Å². The molecule has 0 amide bonds. The minimum absolute atomic E-state index is 0.944. The molecule has 0 aliphatic carbocycles. The largest absolute Gasteiger partial charge is 0.464 e. The van der Waals surface area contributed by atoms with E-state index >= 15 is 0 Å². The zero-order valence-electron chi connectivity index (χ0n) is 11.5. The number of hydrogen-bond acceptors (Lipinski definition) is 2. The van der Waals surface area contributed by atoms with Crippen molar-refractivity contribution in [3.63, 3.8) is 0 Å². The smallest absolute Gasteiger partial charge is 0.142 e. The Labute approximate surface area is 120 Å². The van der Waals surface area contributed by atoms with E-state index in [1.165, 1.54) is 10.8 Å². The molecule has 0 aliphatic heterocycles. The minimum atomic E-state index is 0.944. The fraction of sp³-hybridized carbons (Fsp3) is 0.0526. The van der Waals surface area contributed by atoms with Gasteiger partial charge in [0.05, 0.1) is 6.26 Å². The normalized spacial score (nSPS) is 12.0. The molecule has 2 aromatic heterocycles. The Bertz CT molecular complexity index is 1140. The zero-order valence-corrected chi connectivity index (χ0v) is 11.5. The molecule has 2 heteroatoms. The molecule has 0 fully saturated rings. The van der Waals surface area contributed by atoms with E-state index in [2.05, 4.69) is 42.5 Å². The Hall–Kier alpha value is -2.74. The maximum Gasteiger partial charge on any atom is 0.142 e. The molecule has 0 bridgehead atoms. The Morgan fingerprint density at radius 2 is 1.33 bits per heavy atom. The van der Waals surface area contributed by atoms with E-state index in [1.807, 2.05) is 13.0 Å². The Morgan fingerprint density at radius 1 is 0.667 bits per heavy atom. The molecule has 0 radical (unpaired) electrons. The first kappa shape index (κ1) is 11.0. The van der Waals surface area contributed by atoms with Crippen LogP contribution in [0.3, 0.4) is 0 Å². The lowest BCUT2D eigenvalue weighted by molar-refractivity contribution is 0.581. The second kappa shape index (κ2) is 3.67. The fourth-order valence-corrected chi connectivity index (χ4v) is 3.28. The van der Waals surface area contributed by atoms with Crippen LogP contribution in [-0.4, -0.2) is 0 Å². The van der Waals surface area contributed by atoms with E-state index in [-0.39, 0.29) is 0 Å². The summed E-state index contributed by atoms with van der Waals surface area (Å²) in [6.07, 6.45) is 1.74. The van der Waals surface area contributed by atoms with Gasteiger partial charge in [0, 0.05) is 21.5 Å². The van der Waals surface area contributed by atoms with Crippen LogP contribution < -0.4 is 0 Å². The molecule has 0 aliphatic rings. The highest BCUT2D eigenvalue weighted by Gasteiger charge is 2.10. The number of rotatable bonds is 0. The maximum atomic E-state index is 5.88. The van der Waals surface area contributed by atoms with Crippen LogP contribution in [0.15, 0.2) is 63.6 Å². The number of benzene rings is 3. The van der Waals surface area contributed by atoms with Gasteiger partial charge in [-0.3, -0.25) is 0 Å². The van der Waals surface area contributed by atoms with E-state index in [0.717, 1.165) is 38.5 Å². The zero-order chi connectivity index (χ0) is 14.0. The summed E-state index contributed by atoms with van der Waals surface area (Å²) >= 11 is 0. The molecule has 3 aromatic carbocycles. The first-order chi connectivity index (χ1) is 10.3. The van der Waals surface area contributed by atoms with Crippen LogP contribution in [0, 0.1) is 6.92 Å². The highest BCUT2D eigenvalue weighted by molar-refractivity contribution is 6.20. The third kappa shape index (κ3) is 1.37. The lowest BCUT2D eigenvalue weighted by Crippen LogP contribution is -1.79. The van der Waals surface area contributed by atoms with Crippen molar-refractivity contribution in [2.75, 3.05) is 0 Å². The molecule has 0 N–H and O–H groups in total. The summed E-state index contributed by atoms with van der Waals surface area (Å²) in [5.41, 5.74) is 1.91. The SMILES string of the molecule is Cc1cc2ccc3c4ccc5ccoc5c4ccc3c2o1. The summed E-state index contributed by atoms with van der Waals surface area (Å²) in [6.45, 7) is 1.99. The quantitative estimate of drug-likeness (QED) is 0.333. The standard InChI is InChI=1S/C19H12O2/c1-11-10-13-3-5-15-14-4-2-12-8-9-20-18(12)16(14)6-7-17(15)19(13)21-11/h2-10H,1H3. The average molecular weight is 272 g/mol. The first-order valence-corrected chi connectivity index (χ1v) is 7.03. The Morgan fingerprint density at radius 3 is 2.14 bits per heavy atom. The molecule has 0 unspecified atom stereocenters. The van der Waals surface area contributed by atoms with E-state index < -0.39 is 0 Å². The molecule has 5 aromatic rings. The van der Waals surface area contributed by atoms with Crippen molar-refractivity contribution in [1.82, 2.24) is 0 Å². The molecule has 0 spiro atoms. The van der Waals surface area contributed by atoms with Crippen LogP contribution in [-0.2, 0) is 0 Å². The van der Waals surface area contributed by atoms with Gasteiger partial charge in [-0.1, -0.05) is 24.3 Å². The van der Waals surface area contributed by atoms with Gasteiger partial charge in [-0.25, -0.2) is 0 Å². The van der Waals surface area contributed by atoms with Gasteiger partial charge in [0.2, 0.25) is 0 Å². The van der Waals surface area contributed by atoms with Gasteiger partial charge in [0.25, 0.3) is 0 Å². The molecular formula is C19H12O2. The molecular weight excluding hydrogens is 260 g/mol. The van der Waals surface area contributed by atoms with Crippen molar-refractivity contribution in [3.8, 4) is 0 Å². The summed E-state index contributed by atoms with van der Waals surface area (Å²) in [4.78, 5) is 0. The van der Waals surface area contributed by atoms with Crippen molar-refractivity contribution in [2.24, 2.45) is 0 Å². The van der Waals surface area contributed by atoms with Crippen LogP contribution in [0.4, 0.5) is 0 Å². The second-order valence-electron chi connectivity index (χ2n) is 5.50. The number of aryl methyl sites for hydroxylation is 1. The van der Waals surface area contributed by atoms with Crippen LogP contribution in [0.1, 0.15) is 5.76 Å². The van der Waals surface area contributed by atoms with Crippen molar-refractivity contribution >= 4 is 43.5 Å². The van der Waals surface area contributed by atoms with Crippen molar-refractivity contribution in [2.45, 2.75) is 6.92 Å². The molecule has 0 atom stereocenters. The summed E-state index contributed by atoms with van der Waals surface area (Å²) in [7, 11) is 0. The highest BCUT2D eigenvalue weighted by atomic mass is 16.3. The predicted octanol–water partition coefficient (Wildman–Crippen LogP) is 5.79. The number of furan rings is 2. The van der Waals surface area contributed by atoms with E-state index in [1.54, 1.807) is 6.26 Å². The average Bonchev–Trinajstić information content (AvgIpc) is 3.11. The summed E-state index contributed by atoms with van der Waals surface area (Å²) in [5, 5.41) is 6.99. The lowest BCUT2D eigenvalue weighted by Gasteiger charge is -2.05. The van der Waals surface area contributed by atoms with Crippen LogP contribution in [0.2, 0.25) is 0 Å². The van der Waals surface area contributed by atoms with Crippen LogP contribution >= 0.6 is 0 Å². The number of hydrogen-bond donors (Lipinski definition) is 0. The van der Waals surface area contributed by atoms with Gasteiger partial charge in [-0.15, -0.1) is 0 Å². The first-order valence-electron chi connectivity index (χ1n) is 7.03. The monoisotopic (exact) mass is 272 g/mol. The second-order valence-corrected chi connectivity index (χ2v) is 5.50. The highest BCUT2D eigenvalue weighted by Crippen LogP contribution is 2.35. The van der Waals surface area contributed by atoms with Gasteiger partial charge in [0.15, 0.2) is 0 Å². The Balaban J connectivity index is 2.06. The summed E-state index contributed by atoms with van der Waals surface area (Å²) < 4.78 is 11.5.